The number of halogens is 1. The summed E-state index contributed by atoms with van der Waals surface area (Å²) in [5.41, 5.74) is 0.952. The summed E-state index contributed by atoms with van der Waals surface area (Å²) in [5, 5.41) is 0. The highest BCUT2D eigenvalue weighted by atomic mass is 79.9. The Morgan fingerprint density at radius 2 is 2.42 bits per heavy atom. The average Bonchev–Trinajstić information content (AvgIpc) is 2.42. The minimum atomic E-state index is -0.244. The van der Waals surface area contributed by atoms with Gasteiger partial charge in [0, 0.05) is 17.6 Å². The maximum atomic E-state index is 11.3. The summed E-state index contributed by atoms with van der Waals surface area (Å²) in [6.07, 6.45) is 0.148. The van der Waals surface area contributed by atoms with Gasteiger partial charge in [-0.1, -0.05) is 0 Å². The number of hydrogen-bond acceptors (Lipinski definition) is 5. The molecule has 1 atom stereocenters. The molecule has 1 saturated heterocycles. The predicted molar refractivity (Wildman–Crippen MR) is 75.3 cm³/mol. The third kappa shape index (κ3) is 3.67. The van der Waals surface area contributed by atoms with Crippen molar-refractivity contribution in [3.63, 3.8) is 0 Å². The van der Waals surface area contributed by atoms with Crippen LogP contribution in [0.5, 0.6) is 0 Å². The van der Waals surface area contributed by atoms with Gasteiger partial charge >= 0.3 is 5.97 Å². The van der Waals surface area contributed by atoms with Crippen LogP contribution >= 0.6 is 15.9 Å². The molecular formula is C13H17BrN2O3. The van der Waals surface area contributed by atoms with E-state index >= 15 is 0 Å². The van der Waals surface area contributed by atoms with Gasteiger partial charge in [0.1, 0.15) is 5.82 Å². The van der Waals surface area contributed by atoms with Crippen LogP contribution in [0.15, 0.2) is 16.6 Å². The summed E-state index contributed by atoms with van der Waals surface area (Å²) in [4.78, 5) is 18.0. The van der Waals surface area contributed by atoms with E-state index in [2.05, 4.69) is 30.6 Å². The molecule has 0 N–H and O–H groups in total. The van der Waals surface area contributed by atoms with E-state index in [0.29, 0.717) is 13.2 Å². The molecule has 1 aliphatic heterocycles. The molecule has 104 valence electrons. The summed E-state index contributed by atoms with van der Waals surface area (Å²) < 4.78 is 11.2. The number of esters is 1. The molecule has 0 spiro atoms. The Labute approximate surface area is 121 Å². The van der Waals surface area contributed by atoms with E-state index in [1.165, 1.54) is 7.11 Å². The summed E-state index contributed by atoms with van der Waals surface area (Å²) in [6, 6.07) is 3.96. The lowest BCUT2D eigenvalue weighted by atomic mass is 10.2. The lowest BCUT2D eigenvalue weighted by Gasteiger charge is -2.33. The van der Waals surface area contributed by atoms with Gasteiger partial charge in [-0.2, -0.15) is 0 Å². The quantitative estimate of drug-likeness (QED) is 0.793. The second kappa shape index (κ2) is 6.34. The second-order valence-electron chi connectivity index (χ2n) is 4.46. The standard InChI is InChI=1S/C13H17BrN2O3/c1-9-11(14)3-4-12(15-9)16-5-6-19-10(8-16)7-13(17)18-2/h3-4,10H,5-8H2,1-2H3/t10-/m1/s1. The lowest BCUT2D eigenvalue weighted by molar-refractivity contribution is -0.144. The minimum absolute atomic E-state index is 0.132. The molecule has 2 rings (SSSR count). The summed E-state index contributed by atoms with van der Waals surface area (Å²) in [7, 11) is 1.39. The molecule has 0 aromatic carbocycles. The molecule has 19 heavy (non-hydrogen) atoms. The number of aromatic nitrogens is 1. The van der Waals surface area contributed by atoms with E-state index in [4.69, 9.17) is 4.74 Å². The van der Waals surface area contributed by atoms with Crippen molar-refractivity contribution in [2.75, 3.05) is 31.7 Å². The smallest absolute Gasteiger partial charge is 0.308 e. The fourth-order valence-electron chi connectivity index (χ4n) is 2.03. The Bertz CT molecular complexity index is 467. The number of pyridine rings is 1. The van der Waals surface area contributed by atoms with Crippen LogP contribution in [-0.2, 0) is 14.3 Å². The number of morpholine rings is 1. The van der Waals surface area contributed by atoms with E-state index in [9.17, 15) is 4.79 Å². The highest BCUT2D eigenvalue weighted by Gasteiger charge is 2.24. The first-order valence-corrected chi connectivity index (χ1v) is 6.96. The van der Waals surface area contributed by atoms with Crippen LogP contribution in [0.25, 0.3) is 0 Å². The molecule has 0 aliphatic carbocycles. The number of hydrogen-bond donors (Lipinski definition) is 0. The van der Waals surface area contributed by atoms with E-state index in [-0.39, 0.29) is 18.5 Å². The van der Waals surface area contributed by atoms with Crippen molar-refractivity contribution in [3.8, 4) is 0 Å². The van der Waals surface area contributed by atoms with E-state index in [0.717, 1.165) is 22.5 Å². The first kappa shape index (κ1) is 14.3. The van der Waals surface area contributed by atoms with Crippen LogP contribution in [-0.4, -0.2) is 43.9 Å². The van der Waals surface area contributed by atoms with Crippen molar-refractivity contribution in [2.45, 2.75) is 19.4 Å². The van der Waals surface area contributed by atoms with Gasteiger partial charge in [-0.3, -0.25) is 4.79 Å². The van der Waals surface area contributed by atoms with Gasteiger partial charge in [-0.25, -0.2) is 4.98 Å². The Kier molecular flexibility index (Phi) is 4.76. The third-order valence-electron chi connectivity index (χ3n) is 3.09. The summed E-state index contributed by atoms with van der Waals surface area (Å²) >= 11 is 3.44. The molecule has 0 radical (unpaired) electrons. The van der Waals surface area contributed by atoms with Crippen LogP contribution in [0.1, 0.15) is 12.1 Å². The zero-order valence-electron chi connectivity index (χ0n) is 11.1. The number of aryl methyl sites for hydroxylation is 1. The first-order chi connectivity index (χ1) is 9.10. The van der Waals surface area contributed by atoms with Crippen LogP contribution in [0.3, 0.4) is 0 Å². The topological polar surface area (TPSA) is 51.7 Å². The fourth-order valence-corrected chi connectivity index (χ4v) is 2.25. The molecule has 0 saturated carbocycles. The van der Waals surface area contributed by atoms with Crippen molar-refractivity contribution in [1.29, 1.82) is 0 Å². The molecule has 1 fully saturated rings. The van der Waals surface area contributed by atoms with Crippen LogP contribution in [0, 0.1) is 6.92 Å². The Balaban J connectivity index is 2.04. The molecule has 0 unspecified atom stereocenters. The number of methoxy groups -OCH3 is 1. The van der Waals surface area contributed by atoms with Crippen molar-refractivity contribution in [3.05, 3.63) is 22.3 Å². The number of carbonyl (C=O) groups excluding carboxylic acids is 1. The Morgan fingerprint density at radius 3 is 3.11 bits per heavy atom. The molecule has 0 amide bonds. The molecule has 5 nitrogen and oxygen atoms in total. The number of nitrogens with zero attached hydrogens (tertiary/aromatic N) is 2. The molecule has 6 heteroatoms. The maximum absolute atomic E-state index is 11.3. The van der Waals surface area contributed by atoms with Gasteiger partial charge in [0.2, 0.25) is 0 Å². The van der Waals surface area contributed by atoms with Gasteiger partial charge < -0.3 is 14.4 Å². The van der Waals surface area contributed by atoms with Crippen LogP contribution in [0.2, 0.25) is 0 Å². The number of ether oxygens (including phenoxy) is 2. The van der Waals surface area contributed by atoms with Crippen molar-refractivity contribution >= 4 is 27.7 Å². The maximum Gasteiger partial charge on any atom is 0.308 e. The molecule has 1 aromatic heterocycles. The summed E-state index contributed by atoms with van der Waals surface area (Å²) in [6.45, 7) is 3.99. The van der Waals surface area contributed by atoms with Gasteiger partial charge in [-0.05, 0) is 35.0 Å². The van der Waals surface area contributed by atoms with Crippen molar-refractivity contribution in [1.82, 2.24) is 4.98 Å². The minimum Gasteiger partial charge on any atom is -0.469 e. The predicted octanol–water partition coefficient (Wildman–Crippen LogP) is 1.92. The van der Waals surface area contributed by atoms with Gasteiger partial charge in [0.25, 0.3) is 0 Å². The Hall–Kier alpha value is -1.14. The number of anilines is 1. The highest BCUT2D eigenvalue weighted by molar-refractivity contribution is 9.10. The lowest BCUT2D eigenvalue weighted by Crippen LogP contribution is -2.43. The first-order valence-electron chi connectivity index (χ1n) is 6.16. The largest absolute Gasteiger partial charge is 0.469 e. The normalized spacial score (nSPS) is 19.3. The molecule has 2 heterocycles. The van der Waals surface area contributed by atoms with E-state index in [1.807, 2.05) is 19.1 Å². The molecular weight excluding hydrogens is 312 g/mol. The van der Waals surface area contributed by atoms with E-state index in [1.54, 1.807) is 0 Å². The zero-order chi connectivity index (χ0) is 13.8. The third-order valence-corrected chi connectivity index (χ3v) is 3.93. The number of rotatable bonds is 3. The van der Waals surface area contributed by atoms with E-state index < -0.39 is 0 Å². The summed E-state index contributed by atoms with van der Waals surface area (Å²) in [5.74, 6) is 0.672. The zero-order valence-corrected chi connectivity index (χ0v) is 12.6. The van der Waals surface area contributed by atoms with Crippen molar-refractivity contribution in [2.24, 2.45) is 0 Å². The van der Waals surface area contributed by atoms with Gasteiger partial charge in [0.15, 0.2) is 0 Å². The monoisotopic (exact) mass is 328 g/mol. The average molecular weight is 329 g/mol. The molecule has 0 bridgehead atoms. The van der Waals surface area contributed by atoms with Gasteiger partial charge in [0.05, 0.1) is 31.9 Å². The second-order valence-corrected chi connectivity index (χ2v) is 5.31. The fraction of sp³-hybridized carbons (Fsp3) is 0.538. The van der Waals surface area contributed by atoms with Crippen molar-refractivity contribution < 1.29 is 14.3 Å². The van der Waals surface area contributed by atoms with Gasteiger partial charge in [-0.15, -0.1) is 0 Å². The SMILES string of the molecule is COC(=O)C[C@@H]1CN(c2ccc(Br)c(C)n2)CCO1. The molecule has 1 aliphatic rings. The van der Waals surface area contributed by atoms with Crippen LogP contribution in [0.4, 0.5) is 5.82 Å². The van der Waals surface area contributed by atoms with Crippen LogP contribution < -0.4 is 4.90 Å². The Morgan fingerprint density at radius 1 is 1.63 bits per heavy atom. The number of carbonyl (C=O) groups is 1. The molecule has 1 aromatic rings. The highest BCUT2D eigenvalue weighted by Crippen LogP contribution is 2.21.